The van der Waals surface area contributed by atoms with E-state index in [0.717, 1.165) is 23.3 Å². The zero-order valence-corrected chi connectivity index (χ0v) is 13.6. The van der Waals surface area contributed by atoms with Crippen molar-refractivity contribution in [1.82, 2.24) is 5.32 Å². The highest BCUT2D eigenvalue weighted by Gasteiger charge is 2.25. The molecule has 0 saturated heterocycles. The van der Waals surface area contributed by atoms with Crippen LogP contribution in [0.25, 0.3) is 11.1 Å². The summed E-state index contributed by atoms with van der Waals surface area (Å²) < 4.78 is 6.02. The number of ether oxygens (including phenoxy) is 1. The maximum absolute atomic E-state index is 12.1. The van der Waals surface area contributed by atoms with Gasteiger partial charge in [-0.2, -0.15) is 0 Å². The lowest BCUT2D eigenvalue weighted by molar-refractivity contribution is 0.0956. The second-order valence-electron chi connectivity index (χ2n) is 5.92. The SMILES string of the molecule is CCNC(=O)c1cccc(-c2cc(C)cc3c2O[C@@H](CN)C3)c1. The lowest BCUT2D eigenvalue weighted by atomic mass is 9.96. The minimum atomic E-state index is -0.0561. The van der Waals surface area contributed by atoms with Crippen molar-refractivity contribution in [1.29, 1.82) is 0 Å². The van der Waals surface area contributed by atoms with Gasteiger partial charge in [0.1, 0.15) is 11.9 Å². The van der Waals surface area contributed by atoms with Gasteiger partial charge in [0.2, 0.25) is 0 Å². The van der Waals surface area contributed by atoms with Gasteiger partial charge >= 0.3 is 0 Å². The first kappa shape index (κ1) is 15.6. The first-order valence-corrected chi connectivity index (χ1v) is 8.01. The summed E-state index contributed by atoms with van der Waals surface area (Å²) in [6.07, 6.45) is 0.883. The third-order valence-electron chi connectivity index (χ3n) is 4.08. The predicted molar refractivity (Wildman–Crippen MR) is 91.8 cm³/mol. The molecule has 3 N–H and O–H groups in total. The maximum atomic E-state index is 12.1. The fraction of sp³-hybridized carbons (Fsp3) is 0.316. The molecule has 1 aliphatic heterocycles. The van der Waals surface area contributed by atoms with Gasteiger partial charge < -0.3 is 15.8 Å². The Kier molecular flexibility index (Phi) is 4.35. The van der Waals surface area contributed by atoms with Gasteiger partial charge in [0.25, 0.3) is 5.91 Å². The number of aryl methyl sites for hydroxylation is 1. The Hall–Kier alpha value is -2.33. The first-order valence-electron chi connectivity index (χ1n) is 8.01. The third-order valence-corrected chi connectivity index (χ3v) is 4.08. The van der Waals surface area contributed by atoms with Gasteiger partial charge in [-0.3, -0.25) is 4.79 Å². The molecular formula is C19H22N2O2. The molecule has 120 valence electrons. The first-order chi connectivity index (χ1) is 11.1. The number of carbonyl (C=O) groups is 1. The molecule has 1 amide bonds. The van der Waals surface area contributed by atoms with Crippen molar-refractivity contribution in [2.75, 3.05) is 13.1 Å². The number of benzene rings is 2. The summed E-state index contributed by atoms with van der Waals surface area (Å²) in [7, 11) is 0. The second kappa shape index (κ2) is 6.42. The number of amides is 1. The van der Waals surface area contributed by atoms with E-state index in [1.54, 1.807) is 0 Å². The van der Waals surface area contributed by atoms with Crippen molar-refractivity contribution in [3.8, 4) is 16.9 Å². The monoisotopic (exact) mass is 310 g/mol. The van der Waals surface area contributed by atoms with E-state index in [2.05, 4.69) is 24.4 Å². The van der Waals surface area contributed by atoms with Gasteiger partial charge in [0.15, 0.2) is 0 Å². The van der Waals surface area contributed by atoms with Crippen LogP contribution in [0.1, 0.15) is 28.4 Å². The number of hydrogen-bond donors (Lipinski definition) is 2. The molecule has 1 aliphatic rings. The summed E-state index contributed by atoms with van der Waals surface area (Å²) in [5.74, 6) is 0.846. The van der Waals surface area contributed by atoms with Crippen LogP contribution < -0.4 is 15.8 Å². The van der Waals surface area contributed by atoms with Gasteiger partial charge in [0.05, 0.1) is 0 Å². The third kappa shape index (κ3) is 3.08. The molecule has 0 aromatic heterocycles. The molecular weight excluding hydrogens is 288 g/mol. The molecule has 23 heavy (non-hydrogen) atoms. The lowest BCUT2D eigenvalue weighted by Gasteiger charge is -2.13. The number of nitrogens with two attached hydrogens (primary N) is 1. The summed E-state index contributed by atoms with van der Waals surface area (Å²) in [5.41, 5.74) is 10.8. The van der Waals surface area contributed by atoms with Gasteiger partial charge in [-0.1, -0.05) is 18.2 Å². The van der Waals surface area contributed by atoms with Gasteiger partial charge in [-0.05, 0) is 48.7 Å². The molecule has 0 saturated carbocycles. The predicted octanol–water partition coefficient (Wildman–Crippen LogP) is 2.67. The Balaban J connectivity index is 2.03. The van der Waals surface area contributed by atoms with Crippen molar-refractivity contribution in [2.45, 2.75) is 26.4 Å². The van der Waals surface area contributed by atoms with Crippen molar-refractivity contribution in [3.63, 3.8) is 0 Å². The van der Waals surface area contributed by atoms with Crippen LogP contribution in [0, 0.1) is 6.92 Å². The van der Waals surface area contributed by atoms with Crippen LogP contribution in [0.5, 0.6) is 5.75 Å². The minimum Gasteiger partial charge on any atom is -0.488 e. The van der Waals surface area contributed by atoms with Crippen LogP contribution in [0.4, 0.5) is 0 Å². The van der Waals surface area contributed by atoms with Crippen molar-refractivity contribution < 1.29 is 9.53 Å². The molecule has 2 aromatic rings. The summed E-state index contributed by atoms with van der Waals surface area (Å²) in [4.78, 5) is 12.1. The fourth-order valence-corrected chi connectivity index (χ4v) is 3.03. The summed E-state index contributed by atoms with van der Waals surface area (Å²) in [6.45, 7) is 5.11. The Morgan fingerprint density at radius 2 is 2.17 bits per heavy atom. The van der Waals surface area contributed by atoms with E-state index in [4.69, 9.17) is 10.5 Å². The molecule has 0 fully saturated rings. The van der Waals surface area contributed by atoms with Crippen LogP contribution in [-0.4, -0.2) is 25.1 Å². The van der Waals surface area contributed by atoms with E-state index >= 15 is 0 Å². The highest BCUT2D eigenvalue weighted by Crippen LogP contribution is 2.39. The molecule has 0 unspecified atom stereocenters. The van der Waals surface area contributed by atoms with Gasteiger partial charge in [0, 0.05) is 30.6 Å². The van der Waals surface area contributed by atoms with Crippen molar-refractivity contribution in [3.05, 3.63) is 53.1 Å². The van der Waals surface area contributed by atoms with Crippen molar-refractivity contribution >= 4 is 5.91 Å². The zero-order chi connectivity index (χ0) is 16.4. The minimum absolute atomic E-state index is 0.0390. The fourth-order valence-electron chi connectivity index (χ4n) is 3.03. The molecule has 1 heterocycles. The molecule has 2 aromatic carbocycles. The summed E-state index contributed by atoms with van der Waals surface area (Å²) >= 11 is 0. The molecule has 0 spiro atoms. The molecule has 1 atom stereocenters. The molecule has 4 nitrogen and oxygen atoms in total. The number of hydrogen-bond acceptors (Lipinski definition) is 3. The largest absolute Gasteiger partial charge is 0.488 e. The van der Waals surface area contributed by atoms with E-state index in [-0.39, 0.29) is 12.0 Å². The Bertz CT molecular complexity index is 740. The number of fused-ring (bicyclic) bond motifs is 1. The van der Waals surface area contributed by atoms with E-state index in [1.165, 1.54) is 11.1 Å². The molecule has 0 bridgehead atoms. The van der Waals surface area contributed by atoms with E-state index in [1.807, 2.05) is 31.2 Å². The Morgan fingerprint density at radius 3 is 2.91 bits per heavy atom. The quantitative estimate of drug-likeness (QED) is 0.912. The van der Waals surface area contributed by atoms with Crippen LogP contribution in [-0.2, 0) is 6.42 Å². The smallest absolute Gasteiger partial charge is 0.251 e. The molecule has 0 radical (unpaired) electrons. The molecule has 0 aliphatic carbocycles. The van der Waals surface area contributed by atoms with E-state index < -0.39 is 0 Å². The summed E-state index contributed by atoms with van der Waals surface area (Å²) in [5, 5.41) is 2.83. The highest BCUT2D eigenvalue weighted by molar-refractivity contribution is 5.95. The molecule has 4 heteroatoms. The van der Waals surface area contributed by atoms with Crippen LogP contribution in [0.2, 0.25) is 0 Å². The number of rotatable bonds is 4. The normalized spacial score (nSPS) is 15.9. The standard InChI is InChI=1S/C19H22N2O2/c1-3-21-19(22)14-6-4-5-13(9-14)17-8-12(2)7-15-10-16(11-20)23-18(15)17/h4-9,16H,3,10-11,20H2,1-2H3,(H,21,22)/t16-/m1/s1. The van der Waals surface area contributed by atoms with Crippen molar-refractivity contribution in [2.24, 2.45) is 5.73 Å². The van der Waals surface area contributed by atoms with Gasteiger partial charge in [-0.25, -0.2) is 0 Å². The Morgan fingerprint density at radius 1 is 1.35 bits per heavy atom. The second-order valence-corrected chi connectivity index (χ2v) is 5.92. The Labute approximate surface area is 136 Å². The highest BCUT2D eigenvalue weighted by atomic mass is 16.5. The zero-order valence-electron chi connectivity index (χ0n) is 13.6. The van der Waals surface area contributed by atoms with E-state index in [0.29, 0.717) is 18.7 Å². The maximum Gasteiger partial charge on any atom is 0.251 e. The average molecular weight is 310 g/mol. The van der Waals surface area contributed by atoms with Crippen LogP contribution in [0.15, 0.2) is 36.4 Å². The topological polar surface area (TPSA) is 64.3 Å². The average Bonchev–Trinajstić information content (AvgIpc) is 2.97. The van der Waals surface area contributed by atoms with Crippen LogP contribution in [0.3, 0.4) is 0 Å². The molecule has 3 rings (SSSR count). The van der Waals surface area contributed by atoms with Gasteiger partial charge in [-0.15, -0.1) is 0 Å². The lowest BCUT2D eigenvalue weighted by Crippen LogP contribution is -2.24. The summed E-state index contributed by atoms with van der Waals surface area (Å²) in [6, 6.07) is 11.9. The number of nitrogens with one attached hydrogen (secondary N) is 1. The van der Waals surface area contributed by atoms with E-state index in [9.17, 15) is 4.79 Å². The van der Waals surface area contributed by atoms with Crippen LogP contribution >= 0.6 is 0 Å². The number of carbonyl (C=O) groups excluding carboxylic acids is 1.